The summed E-state index contributed by atoms with van der Waals surface area (Å²) in [6, 6.07) is 23.1. The highest BCUT2D eigenvalue weighted by molar-refractivity contribution is 5.77. The summed E-state index contributed by atoms with van der Waals surface area (Å²) in [5, 5.41) is 0. The second-order valence-corrected chi connectivity index (χ2v) is 6.79. The van der Waals surface area contributed by atoms with Gasteiger partial charge in [-0.1, -0.05) is 67.0 Å². The molecule has 0 aromatic heterocycles. The van der Waals surface area contributed by atoms with Gasteiger partial charge in [0.05, 0.1) is 0 Å². The van der Waals surface area contributed by atoms with Gasteiger partial charge in [0.25, 0.3) is 0 Å². The Kier molecular flexibility index (Phi) is 5.08. The SMILES string of the molecule is C=C1c2cc(C#CCc3ccccc3)ccc2C=CN1Cc1cccc(F)c1. The zero-order chi connectivity index (χ0) is 19.3. The molecular formula is C26H20FN. The summed E-state index contributed by atoms with van der Waals surface area (Å²) in [7, 11) is 0. The Morgan fingerprint density at radius 1 is 0.893 bits per heavy atom. The Labute approximate surface area is 165 Å². The molecule has 1 heterocycles. The molecule has 0 saturated carbocycles. The van der Waals surface area contributed by atoms with Crippen LogP contribution in [0.2, 0.25) is 0 Å². The van der Waals surface area contributed by atoms with Gasteiger partial charge in [-0.2, -0.15) is 0 Å². The topological polar surface area (TPSA) is 3.24 Å². The third-order valence-electron chi connectivity index (χ3n) is 4.75. The van der Waals surface area contributed by atoms with E-state index in [1.54, 1.807) is 12.1 Å². The zero-order valence-electron chi connectivity index (χ0n) is 15.5. The number of nitrogens with zero attached hydrogens (tertiary/aromatic N) is 1. The summed E-state index contributed by atoms with van der Waals surface area (Å²) in [6.07, 6.45) is 4.78. The minimum atomic E-state index is -0.222. The normalized spacial score (nSPS) is 12.3. The molecule has 0 radical (unpaired) electrons. The van der Waals surface area contributed by atoms with Crippen LogP contribution in [0, 0.1) is 17.7 Å². The lowest BCUT2D eigenvalue weighted by Gasteiger charge is -2.28. The van der Waals surface area contributed by atoms with E-state index in [0.717, 1.165) is 34.4 Å². The molecule has 1 aliphatic rings. The van der Waals surface area contributed by atoms with Crippen molar-refractivity contribution in [3.05, 3.63) is 119 Å². The molecule has 136 valence electrons. The van der Waals surface area contributed by atoms with Crippen molar-refractivity contribution < 1.29 is 4.39 Å². The fraction of sp³-hybridized carbons (Fsp3) is 0.0769. The van der Waals surface area contributed by atoms with Gasteiger partial charge in [-0.3, -0.25) is 0 Å². The van der Waals surface area contributed by atoms with Crippen LogP contribution in [0.5, 0.6) is 0 Å². The Morgan fingerprint density at radius 2 is 1.71 bits per heavy atom. The molecule has 0 saturated heterocycles. The van der Waals surface area contributed by atoms with Crippen molar-refractivity contribution in [3.63, 3.8) is 0 Å². The molecule has 0 fully saturated rings. The summed E-state index contributed by atoms with van der Waals surface area (Å²) in [5.41, 5.74) is 6.17. The highest BCUT2D eigenvalue weighted by Crippen LogP contribution is 2.30. The summed E-state index contributed by atoms with van der Waals surface area (Å²) in [4.78, 5) is 2.04. The highest BCUT2D eigenvalue weighted by Gasteiger charge is 2.16. The summed E-state index contributed by atoms with van der Waals surface area (Å²) >= 11 is 0. The van der Waals surface area contributed by atoms with Gasteiger partial charge in [0.2, 0.25) is 0 Å². The predicted octanol–water partition coefficient (Wildman–Crippen LogP) is 5.88. The van der Waals surface area contributed by atoms with Gasteiger partial charge in [0.1, 0.15) is 5.82 Å². The van der Waals surface area contributed by atoms with Crippen LogP contribution in [0.3, 0.4) is 0 Å². The van der Waals surface area contributed by atoms with Crippen LogP contribution in [0.1, 0.15) is 27.8 Å². The molecule has 0 bridgehead atoms. The Hall–Kier alpha value is -3.57. The van der Waals surface area contributed by atoms with Crippen molar-refractivity contribution >= 4 is 11.8 Å². The Balaban J connectivity index is 1.52. The van der Waals surface area contributed by atoms with E-state index in [4.69, 9.17) is 0 Å². The lowest BCUT2D eigenvalue weighted by Crippen LogP contribution is -2.18. The van der Waals surface area contributed by atoms with Gasteiger partial charge in [0.15, 0.2) is 0 Å². The number of halogens is 1. The van der Waals surface area contributed by atoms with Crippen molar-refractivity contribution in [1.82, 2.24) is 4.90 Å². The largest absolute Gasteiger partial charge is 0.344 e. The highest BCUT2D eigenvalue weighted by atomic mass is 19.1. The Bertz CT molecular complexity index is 1100. The molecule has 3 aromatic carbocycles. The molecular weight excluding hydrogens is 345 g/mol. The minimum absolute atomic E-state index is 0.222. The maximum atomic E-state index is 13.5. The van der Waals surface area contributed by atoms with Crippen molar-refractivity contribution in [2.75, 3.05) is 0 Å². The fourth-order valence-electron chi connectivity index (χ4n) is 3.27. The van der Waals surface area contributed by atoms with Crippen molar-refractivity contribution in [1.29, 1.82) is 0 Å². The standard InChI is InChI=1S/C26H20FN/c1-20-26-18-22(10-5-9-21-7-3-2-4-8-21)13-14-24(26)15-16-28(20)19-23-11-6-12-25(27)17-23/h2-4,6-8,11-18H,1,9,19H2. The lowest BCUT2D eigenvalue weighted by molar-refractivity contribution is 0.523. The molecule has 0 aliphatic carbocycles. The second-order valence-electron chi connectivity index (χ2n) is 6.79. The van der Waals surface area contributed by atoms with E-state index in [2.05, 4.69) is 48.8 Å². The maximum Gasteiger partial charge on any atom is 0.123 e. The molecule has 0 atom stereocenters. The number of rotatable bonds is 3. The van der Waals surface area contributed by atoms with Gasteiger partial charge < -0.3 is 4.90 Å². The third-order valence-corrected chi connectivity index (χ3v) is 4.75. The van der Waals surface area contributed by atoms with E-state index >= 15 is 0 Å². The first-order valence-electron chi connectivity index (χ1n) is 9.24. The molecule has 1 nitrogen and oxygen atoms in total. The second kappa shape index (κ2) is 7.98. The van der Waals surface area contributed by atoms with Gasteiger partial charge in [-0.15, -0.1) is 0 Å². The molecule has 0 unspecified atom stereocenters. The number of hydrogen-bond donors (Lipinski definition) is 0. The van der Waals surface area contributed by atoms with Crippen molar-refractivity contribution in [2.45, 2.75) is 13.0 Å². The van der Waals surface area contributed by atoms with Crippen LogP contribution in [0.25, 0.3) is 11.8 Å². The first kappa shape index (κ1) is 17.8. The third kappa shape index (κ3) is 4.05. The average molecular weight is 365 g/mol. The van der Waals surface area contributed by atoms with Crippen LogP contribution in [-0.4, -0.2) is 4.90 Å². The Morgan fingerprint density at radius 3 is 2.54 bits per heavy atom. The van der Waals surface area contributed by atoms with Crippen molar-refractivity contribution in [3.8, 4) is 11.8 Å². The lowest BCUT2D eigenvalue weighted by atomic mass is 9.98. The van der Waals surface area contributed by atoms with Gasteiger partial charge in [-0.25, -0.2) is 4.39 Å². The first-order chi connectivity index (χ1) is 13.7. The molecule has 0 N–H and O–H groups in total. The zero-order valence-corrected chi connectivity index (χ0v) is 15.5. The van der Waals surface area contributed by atoms with Crippen LogP contribution in [-0.2, 0) is 13.0 Å². The fourth-order valence-corrected chi connectivity index (χ4v) is 3.27. The molecule has 0 spiro atoms. The summed E-state index contributed by atoms with van der Waals surface area (Å²) in [5.74, 6) is 6.27. The van der Waals surface area contributed by atoms with Crippen LogP contribution in [0.15, 0.2) is 85.6 Å². The molecule has 28 heavy (non-hydrogen) atoms. The summed E-state index contributed by atoms with van der Waals surface area (Å²) in [6.45, 7) is 4.84. The number of hydrogen-bond acceptors (Lipinski definition) is 1. The van der Waals surface area contributed by atoms with Crippen LogP contribution < -0.4 is 0 Å². The number of fused-ring (bicyclic) bond motifs is 1. The quantitative estimate of drug-likeness (QED) is 0.524. The maximum absolute atomic E-state index is 13.5. The van der Waals surface area contributed by atoms with E-state index in [0.29, 0.717) is 6.54 Å². The van der Waals surface area contributed by atoms with Crippen LogP contribution >= 0.6 is 0 Å². The molecule has 1 aliphatic heterocycles. The first-order valence-corrected chi connectivity index (χ1v) is 9.24. The van der Waals surface area contributed by atoms with Gasteiger partial charge in [0, 0.05) is 36.0 Å². The minimum Gasteiger partial charge on any atom is -0.344 e. The molecule has 2 heteroatoms. The molecule has 4 rings (SSSR count). The van der Waals surface area contributed by atoms with E-state index in [-0.39, 0.29) is 5.82 Å². The van der Waals surface area contributed by atoms with E-state index in [1.165, 1.54) is 11.6 Å². The van der Waals surface area contributed by atoms with E-state index < -0.39 is 0 Å². The van der Waals surface area contributed by atoms with Crippen LogP contribution in [0.4, 0.5) is 4.39 Å². The van der Waals surface area contributed by atoms with E-state index in [9.17, 15) is 4.39 Å². The monoisotopic (exact) mass is 365 g/mol. The molecule has 3 aromatic rings. The number of benzene rings is 3. The summed E-state index contributed by atoms with van der Waals surface area (Å²) < 4.78 is 13.5. The smallest absolute Gasteiger partial charge is 0.123 e. The van der Waals surface area contributed by atoms with E-state index in [1.807, 2.05) is 41.4 Å². The predicted molar refractivity (Wildman–Crippen MR) is 113 cm³/mol. The molecule has 0 amide bonds. The average Bonchev–Trinajstić information content (AvgIpc) is 2.71. The van der Waals surface area contributed by atoms with Gasteiger partial charge >= 0.3 is 0 Å². The van der Waals surface area contributed by atoms with Gasteiger partial charge in [-0.05, 0) is 47.0 Å². The van der Waals surface area contributed by atoms with Crippen molar-refractivity contribution in [2.24, 2.45) is 0 Å².